The van der Waals surface area contributed by atoms with E-state index in [1.807, 2.05) is 6.92 Å². The van der Waals surface area contributed by atoms with Crippen molar-refractivity contribution in [2.24, 2.45) is 11.1 Å². The third-order valence-electron chi connectivity index (χ3n) is 2.31. The van der Waals surface area contributed by atoms with Gasteiger partial charge in [0, 0.05) is 12.6 Å². The lowest BCUT2D eigenvalue weighted by Gasteiger charge is -2.20. The third kappa shape index (κ3) is 3.34. The number of aromatic nitrogens is 2. The first kappa shape index (κ1) is 12.2. The summed E-state index contributed by atoms with van der Waals surface area (Å²) in [6, 6.07) is 2.18. The van der Waals surface area contributed by atoms with Crippen LogP contribution >= 0.6 is 0 Å². The van der Waals surface area contributed by atoms with E-state index in [0.717, 1.165) is 24.4 Å². The summed E-state index contributed by atoms with van der Waals surface area (Å²) in [5.74, 6) is 0. The number of nitrogens with two attached hydrogens (primary N) is 1. The Morgan fingerprint density at radius 3 is 2.47 bits per heavy atom. The van der Waals surface area contributed by atoms with E-state index in [2.05, 4.69) is 43.5 Å². The lowest BCUT2D eigenvalue weighted by molar-refractivity contribution is 0.316. The predicted molar refractivity (Wildman–Crippen MR) is 63.7 cm³/mol. The fraction of sp³-hybridized carbons (Fsp3) is 0.750. The van der Waals surface area contributed by atoms with Crippen molar-refractivity contribution in [3.8, 4) is 0 Å². The molecule has 0 amide bonds. The molecule has 0 aliphatic carbocycles. The first-order chi connectivity index (χ1) is 6.83. The molecule has 1 atom stereocenters. The van der Waals surface area contributed by atoms with Gasteiger partial charge >= 0.3 is 0 Å². The normalized spacial score (nSPS) is 14.3. The molecule has 0 saturated heterocycles. The largest absolute Gasteiger partial charge is 0.323 e. The van der Waals surface area contributed by atoms with Crippen LogP contribution in [0.15, 0.2) is 6.07 Å². The molecular formula is C12H23N3. The molecule has 3 heteroatoms. The standard InChI is InChI=1S/C12H23N3/c1-6-10-7-11(9(2)13)15(14-10)8-12(3,4)5/h7,9H,6,8,13H2,1-5H3/t9-/m1/s1. The van der Waals surface area contributed by atoms with Crippen molar-refractivity contribution >= 4 is 0 Å². The highest BCUT2D eigenvalue weighted by atomic mass is 15.3. The Balaban J connectivity index is 2.99. The van der Waals surface area contributed by atoms with Crippen molar-refractivity contribution < 1.29 is 0 Å². The van der Waals surface area contributed by atoms with E-state index >= 15 is 0 Å². The van der Waals surface area contributed by atoms with E-state index in [4.69, 9.17) is 5.73 Å². The van der Waals surface area contributed by atoms with Gasteiger partial charge in [0.1, 0.15) is 0 Å². The predicted octanol–water partition coefficient (Wildman–Crippen LogP) is 2.51. The summed E-state index contributed by atoms with van der Waals surface area (Å²) in [5.41, 5.74) is 8.45. The minimum atomic E-state index is 0.0557. The molecule has 0 aliphatic heterocycles. The lowest BCUT2D eigenvalue weighted by Crippen LogP contribution is -2.21. The van der Waals surface area contributed by atoms with Crippen molar-refractivity contribution in [3.05, 3.63) is 17.5 Å². The van der Waals surface area contributed by atoms with Crippen LogP contribution in [0, 0.1) is 5.41 Å². The Kier molecular flexibility index (Phi) is 3.55. The second-order valence-electron chi connectivity index (χ2n) is 5.42. The zero-order valence-corrected chi connectivity index (χ0v) is 10.5. The first-order valence-corrected chi connectivity index (χ1v) is 5.65. The molecular weight excluding hydrogens is 186 g/mol. The molecule has 15 heavy (non-hydrogen) atoms. The Labute approximate surface area is 92.7 Å². The summed E-state index contributed by atoms with van der Waals surface area (Å²) in [6.07, 6.45) is 0.969. The Bertz CT molecular complexity index is 318. The molecule has 1 heterocycles. The van der Waals surface area contributed by atoms with Gasteiger partial charge in [-0.15, -0.1) is 0 Å². The van der Waals surface area contributed by atoms with Crippen LogP contribution in [0.3, 0.4) is 0 Å². The molecule has 0 aromatic carbocycles. The van der Waals surface area contributed by atoms with Crippen molar-refractivity contribution in [3.63, 3.8) is 0 Å². The molecule has 2 N–H and O–H groups in total. The van der Waals surface area contributed by atoms with Crippen LogP contribution in [-0.2, 0) is 13.0 Å². The van der Waals surface area contributed by atoms with Gasteiger partial charge in [-0.3, -0.25) is 4.68 Å². The van der Waals surface area contributed by atoms with Gasteiger partial charge in [0.2, 0.25) is 0 Å². The number of nitrogens with zero attached hydrogens (tertiary/aromatic N) is 2. The van der Waals surface area contributed by atoms with Crippen molar-refractivity contribution in [2.75, 3.05) is 0 Å². The van der Waals surface area contributed by atoms with Crippen molar-refractivity contribution in [2.45, 2.75) is 53.6 Å². The van der Waals surface area contributed by atoms with Gasteiger partial charge in [0.15, 0.2) is 0 Å². The summed E-state index contributed by atoms with van der Waals surface area (Å²) in [7, 11) is 0. The van der Waals surface area contributed by atoms with Gasteiger partial charge in [0.25, 0.3) is 0 Å². The van der Waals surface area contributed by atoms with Crippen LogP contribution in [0.5, 0.6) is 0 Å². The second-order valence-corrected chi connectivity index (χ2v) is 5.42. The van der Waals surface area contributed by atoms with Gasteiger partial charge < -0.3 is 5.73 Å². The van der Waals surface area contributed by atoms with Crippen LogP contribution < -0.4 is 5.73 Å². The topological polar surface area (TPSA) is 43.8 Å². The fourth-order valence-electron chi connectivity index (χ4n) is 1.60. The summed E-state index contributed by atoms with van der Waals surface area (Å²) in [4.78, 5) is 0. The summed E-state index contributed by atoms with van der Waals surface area (Å²) in [6.45, 7) is 11.7. The molecule has 1 rings (SSSR count). The SMILES string of the molecule is CCc1cc([C@@H](C)N)n(CC(C)(C)C)n1. The summed E-state index contributed by atoms with van der Waals surface area (Å²) >= 11 is 0. The van der Waals surface area contributed by atoms with Crippen LogP contribution in [0.1, 0.15) is 52.0 Å². The first-order valence-electron chi connectivity index (χ1n) is 5.65. The number of rotatable bonds is 3. The van der Waals surface area contributed by atoms with Crippen LogP contribution in [0.25, 0.3) is 0 Å². The van der Waals surface area contributed by atoms with E-state index in [1.54, 1.807) is 0 Å². The van der Waals surface area contributed by atoms with Gasteiger partial charge in [-0.25, -0.2) is 0 Å². The lowest BCUT2D eigenvalue weighted by atomic mass is 9.97. The van der Waals surface area contributed by atoms with Crippen molar-refractivity contribution in [1.29, 1.82) is 0 Å². The maximum absolute atomic E-state index is 5.94. The Morgan fingerprint density at radius 2 is 2.07 bits per heavy atom. The molecule has 0 aliphatic rings. The molecule has 86 valence electrons. The molecule has 3 nitrogen and oxygen atoms in total. The number of aryl methyl sites for hydroxylation is 1. The smallest absolute Gasteiger partial charge is 0.0625 e. The maximum Gasteiger partial charge on any atom is 0.0625 e. The van der Waals surface area contributed by atoms with Crippen LogP contribution in [0.2, 0.25) is 0 Å². The molecule has 0 fully saturated rings. The van der Waals surface area contributed by atoms with E-state index < -0.39 is 0 Å². The molecule has 0 spiro atoms. The summed E-state index contributed by atoms with van der Waals surface area (Å²) < 4.78 is 2.06. The van der Waals surface area contributed by atoms with Crippen LogP contribution in [0.4, 0.5) is 0 Å². The van der Waals surface area contributed by atoms with Gasteiger partial charge in [-0.05, 0) is 24.8 Å². The number of hydrogen-bond acceptors (Lipinski definition) is 2. The highest BCUT2D eigenvalue weighted by Gasteiger charge is 2.17. The molecule has 1 aromatic heterocycles. The average Bonchev–Trinajstić information content (AvgIpc) is 2.44. The molecule has 0 bridgehead atoms. The third-order valence-corrected chi connectivity index (χ3v) is 2.31. The highest BCUT2D eigenvalue weighted by Crippen LogP contribution is 2.20. The monoisotopic (exact) mass is 209 g/mol. The average molecular weight is 209 g/mol. The number of hydrogen-bond donors (Lipinski definition) is 1. The fourth-order valence-corrected chi connectivity index (χ4v) is 1.60. The molecule has 1 aromatic rings. The van der Waals surface area contributed by atoms with Gasteiger partial charge in [0.05, 0.1) is 11.4 Å². The van der Waals surface area contributed by atoms with E-state index in [1.165, 1.54) is 0 Å². The Morgan fingerprint density at radius 1 is 1.47 bits per heavy atom. The quantitative estimate of drug-likeness (QED) is 0.831. The van der Waals surface area contributed by atoms with Crippen LogP contribution in [-0.4, -0.2) is 9.78 Å². The molecule has 0 unspecified atom stereocenters. The minimum Gasteiger partial charge on any atom is -0.323 e. The van der Waals surface area contributed by atoms with Crippen molar-refractivity contribution in [1.82, 2.24) is 9.78 Å². The second kappa shape index (κ2) is 4.35. The minimum absolute atomic E-state index is 0.0557. The summed E-state index contributed by atoms with van der Waals surface area (Å²) in [5, 5.41) is 4.57. The zero-order chi connectivity index (χ0) is 11.6. The highest BCUT2D eigenvalue weighted by molar-refractivity contribution is 5.13. The van der Waals surface area contributed by atoms with E-state index in [-0.39, 0.29) is 11.5 Å². The Hall–Kier alpha value is -0.830. The maximum atomic E-state index is 5.94. The zero-order valence-electron chi connectivity index (χ0n) is 10.5. The molecule has 0 radical (unpaired) electrons. The van der Waals surface area contributed by atoms with E-state index in [0.29, 0.717) is 0 Å². The molecule has 0 saturated carbocycles. The van der Waals surface area contributed by atoms with Gasteiger partial charge in [-0.1, -0.05) is 27.7 Å². The van der Waals surface area contributed by atoms with E-state index in [9.17, 15) is 0 Å². The van der Waals surface area contributed by atoms with Gasteiger partial charge in [-0.2, -0.15) is 5.10 Å².